The standard InChI is InChI=1S/C14H19ClN2O3/c1-9(2)7-17(8-13(18)19)14(20)16-12-6-4-5-11(15)10(12)3/h4-6,9H,7-8H2,1-3H3,(H,16,20)(H,18,19). The number of aliphatic carboxylic acids is 1. The van der Waals surface area contributed by atoms with Crippen LogP contribution in [0.2, 0.25) is 5.02 Å². The molecule has 110 valence electrons. The molecule has 0 spiro atoms. The van der Waals surface area contributed by atoms with Crippen molar-refractivity contribution in [3.05, 3.63) is 28.8 Å². The first kappa shape index (κ1) is 16.3. The Morgan fingerprint density at radius 3 is 2.60 bits per heavy atom. The zero-order chi connectivity index (χ0) is 15.3. The summed E-state index contributed by atoms with van der Waals surface area (Å²) < 4.78 is 0. The number of rotatable bonds is 5. The number of halogens is 1. The Morgan fingerprint density at radius 2 is 2.05 bits per heavy atom. The van der Waals surface area contributed by atoms with Gasteiger partial charge in [0.25, 0.3) is 0 Å². The van der Waals surface area contributed by atoms with Crippen LogP contribution in [0.3, 0.4) is 0 Å². The van der Waals surface area contributed by atoms with Gasteiger partial charge >= 0.3 is 12.0 Å². The molecule has 0 saturated carbocycles. The maximum Gasteiger partial charge on any atom is 0.323 e. The smallest absolute Gasteiger partial charge is 0.323 e. The maximum atomic E-state index is 12.2. The maximum absolute atomic E-state index is 12.2. The van der Waals surface area contributed by atoms with Crippen molar-refractivity contribution in [3.63, 3.8) is 0 Å². The lowest BCUT2D eigenvalue weighted by atomic mass is 10.2. The number of hydrogen-bond acceptors (Lipinski definition) is 2. The number of nitrogens with one attached hydrogen (secondary N) is 1. The van der Waals surface area contributed by atoms with E-state index in [1.165, 1.54) is 4.90 Å². The van der Waals surface area contributed by atoms with E-state index in [1.54, 1.807) is 25.1 Å². The Labute approximate surface area is 123 Å². The number of amides is 2. The molecule has 1 rings (SSSR count). The molecule has 0 heterocycles. The molecular formula is C14H19ClN2O3. The van der Waals surface area contributed by atoms with Crippen LogP contribution in [0, 0.1) is 12.8 Å². The summed E-state index contributed by atoms with van der Waals surface area (Å²) in [6.07, 6.45) is 0. The predicted molar refractivity (Wildman–Crippen MR) is 79.3 cm³/mol. The third-order valence-electron chi connectivity index (χ3n) is 2.71. The van der Waals surface area contributed by atoms with Crippen LogP contribution in [0.4, 0.5) is 10.5 Å². The van der Waals surface area contributed by atoms with Crippen molar-refractivity contribution in [2.75, 3.05) is 18.4 Å². The SMILES string of the molecule is Cc1c(Cl)cccc1NC(=O)N(CC(=O)O)CC(C)C. The predicted octanol–water partition coefficient (Wildman–Crippen LogP) is 3.22. The Balaban J connectivity index is 2.84. The van der Waals surface area contributed by atoms with Crippen molar-refractivity contribution in [2.45, 2.75) is 20.8 Å². The van der Waals surface area contributed by atoms with Crippen molar-refractivity contribution in [1.82, 2.24) is 4.90 Å². The van der Waals surface area contributed by atoms with E-state index in [0.717, 1.165) is 5.56 Å². The Kier molecular flexibility index (Phi) is 5.82. The van der Waals surface area contributed by atoms with Crippen LogP contribution in [0.15, 0.2) is 18.2 Å². The van der Waals surface area contributed by atoms with Gasteiger partial charge in [-0.05, 0) is 30.5 Å². The van der Waals surface area contributed by atoms with Crippen molar-refractivity contribution in [2.24, 2.45) is 5.92 Å². The van der Waals surface area contributed by atoms with Gasteiger partial charge in [-0.25, -0.2) is 4.79 Å². The molecule has 0 aliphatic rings. The molecule has 0 unspecified atom stereocenters. The van der Waals surface area contributed by atoms with Crippen molar-refractivity contribution in [3.8, 4) is 0 Å². The van der Waals surface area contributed by atoms with Gasteiger partial charge in [-0.15, -0.1) is 0 Å². The van der Waals surface area contributed by atoms with Gasteiger partial charge in [0.05, 0.1) is 0 Å². The molecular weight excluding hydrogens is 280 g/mol. The van der Waals surface area contributed by atoms with Crippen LogP contribution >= 0.6 is 11.6 Å². The molecule has 0 aromatic heterocycles. The van der Waals surface area contributed by atoms with Gasteiger partial charge in [0.15, 0.2) is 0 Å². The normalized spacial score (nSPS) is 10.4. The summed E-state index contributed by atoms with van der Waals surface area (Å²) in [5.74, 6) is -0.857. The zero-order valence-electron chi connectivity index (χ0n) is 11.8. The summed E-state index contributed by atoms with van der Waals surface area (Å²) in [5, 5.41) is 12.1. The first-order chi connectivity index (χ1) is 9.31. The van der Waals surface area contributed by atoms with E-state index >= 15 is 0 Å². The van der Waals surface area contributed by atoms with Gasteiger partial charge < -0.3 is 15.3 Å². The third kappa shape index (κ3) is 4.74. The van der Waals surface area contributed by atoms with Crippen molar-refractivity contribution >= 4 is 29.3 Å². The lowest BCUT2D eigenvalue weighted by Gasteiger charge is -2.23. The number of hydrogen-bond donors (Lipinski definition) is 2. The van der Waals surface area contributed by atoms with E-state index in [1.807, 2.05) is 13.8 Å². The zero-order valence-corrected chi connectivity index (χ0v) is 12.6. The summed E-state index contributed by atoms with van der Waals surface area (Å²) in [6, 6.07) is 4.75. The number of carbonyl (C=O) groups excluding carboxylic acids is 1. The molecule has 0 saturated heterocycles. The Hall–Kier alpha value is -1.75. The van der Waals surface area contributed by atoms with Gasteiger partial charge in [0.2, 0.25) is 0 Å². The summed E-state index contributed by atoms with van der Waals surface area (Å²) in [7, 11) is 0. The largest absolute Gasteiger partial charge is 0.480 e. The second-order valence-electron chi connectivity index (χ2n) is 5.01. The van der Waals surface area contributed by atoms with Crippen LogP contribution in [-0.2, 0) is 4.79 Å². The molecule has 20 heavy (non-hydrogen) atoms. The highest BCUT2D eigenvalue weighted by molar-refractivity contribution is 6.31. The molecule has 6 heteroatoms. The molecule has 1 aromatic rings. The number of benzene rings is 1. The average Bonchev–Trinajstić information content (AvgIpc) is 2.33. The van der Waals surface area contributed by atoms with Gasteiger partial charge in [0, 0.05) is 17.3 Å². The first-order valence-corrected chi connectivity index (χ1v) is 6.72. The van der Waals surface area contributed by atoms with Crippen molar-refractivity contribution in [1.29, 1.82) is 0 Å². The highest BCUT2D eigenvalue weighted by atomic mass is 35.5. The minimum absolute atomic E-state index is 0.181. The van der Waals surface area contributed by atoms with Crippen LogP contribution in [-0.4, -0.2) is 35.1 Å². The van der Waals surface area contributed by atoms with Crippen LogP contribution in [0.1, 0.15) is 19.4 Å². The molecule has 0 aliphatic heterocycles. The van der Waals surface area contributed by atoms with Gasteiger partial charge in [0.1, 0.15) is 6.54 Å². The average molecular weight is 299 g/mol. The number of carboxylic acid groups (broad SMARTS) is 1. The van der Waals surface area contributed by atoms with Crippen molar-refractivity contribution < 1.29 is 14.7 Å². The number of anilines is 1. The van der Waals surface area contributed by atoms with E-state index in [9.17, 15) is 9.59 Å². The van der Waals surface area contributed by atoms with Gasteiger partial charge in [-0.1, -0.05) is 31.5 Å². The first-order valence-electron chi connectivity index (χ1n) is 6.34. The number of carboxylic acids is 1. The lowest BCUT2D eigenvalue weighted by Crippen LogP contribution is -2.41. The monoisotopic (exact) mass is 298 g/mol. The van der Waals surface area contributed by atoms with E-state index in [2.05, 4.69) is 5.32 Å². The molecule has 0 atom stereocenters. The summed E-state index contributed by atoms with van der Waals surface area (Å²) >= 11 is 5.99. The quantitative estimate of drug-likeness (QED) is 0.877. The second-order valence-corrected chi connectivity index (χ2v) is 5.42. The fourth-order valence-corrected chi connectivity index (χ4v) is 1.93. The van der Waals surface area contributed by atoms with E-state index < -0.39 is 12.0 Å². The Bertz CT molecular complexity index is 503. The van der Waals surface area contributed by atoms with Crippen LogP contribution in [0.5, 0.6) is 0 Å². The summed E-state index contributed by atoms with van der Waals surface area (Å²) in [6.45, 7) is 5.68. The topological polar surface area (TPSA) is 69.6 Å². The molecule has 5 nitrogen and oxygen atoms in total. The minimum atomic E-state index is -1.04. The van der Waals surface area contributed by atoms with E-state index in [0.29, 0.717) is 17.3 Å². The van der Waals surface area contributed by atoms with Gasteiger partial charge in [-0.2, -0.15) is 0 Å². The Morgan fingerprint density at radius 1 is 1.40 bits per heavy atom. The molecule has 0 aliphatic carbocycles. The second kappa shape index (κ2) is 7.14. The van der Waals surface area contributed by atoms with Gasteiger partial charge in [-0.3, -0.25) is 4.79 Å². The van der Waals surface area contributed by atoms with Crippen LogP contribution in [0.25, 0.3) is 0 Å². The van der Waals surface area contributed by atoms with Crippen LogP contribution < -0.4 is 5.32 Å². The highest BCUT2D eigenvalue weighted by Crippen LogP contribution is 2.23. The van der Waals surface area contributed by atoms with E-state index in [-0.39, 0.29) is 12.5 Å². The summed E-state index contributed by atoms with van der Waals surface area (Å²) in [5.41, 5.74) is 1.34. The fourth-order valence-electron chi connectivity index (χ4n) is 1.76. The molecule has 2 amide bonds. The molecule has 2 N–H and O–H groups in total. The third-order valence-corrected chi connectivity index (χ3v) is 3.12. The van der Waals surface area contributed by atoms with E-state index in [4.69, 9.17) is 16.7 Å². The molecule has 0 bridgehead atoms. The highest BCUT2D eigenvalue weighted by Gasteiger charge is 2.18. The lowest BCUT2D eigenvalue weighted by molar-refractivity contribution is -0.137. The number of urea groups is 1. The summed E-state index contributed by atoms with van der Waals surface area (Å²) in [4.78, 5) is 24.3. The molecule has 0 fully saturated rings. The number of nitrogens with zero attached hydrogens (tertiary/aromatic N) is 1. The fraction of sp³-hybridized carbons (Fsp3) is 0.429. The molecule has 1 aromatic carbocycles. The molecule has 0 radical (unpaired) electrons. The number of carbonyl (C=O) groups is 2. The minimum Gasteiger partial charge on any atom is -0.480 e.